The monoisotopic (exact) mass is 390 g/mol. The van der Waals surface area contributed by atoms with Gasteiger partial charge in [-0.15, -0.1) is 11.8 Å². The molecule has 0 aromatic heterocycles. The fourth-order valence-corrected chi connectivity index (χ4v) is 5.07. The number of nitrogens with one attached hydrogen (secondary N) is 1. The number of carbonyl (C=O) groups is 1. The molecule has 0 radical (unpaired) electrons. The first-order valence-electron chi connectivity index (χ1n) is 8.35. The van der Waals surface area contributed by atoms with Crippen LogP contribution in [0.15, 0.2) is 46.2 Å². The molecule has 5 nitrogen and oxygen atoms in total. The highest BCUT2D eigenvalue weighted by molar-refractivity contribution is 8.00. The first-order valence-corrected chi connectivity index (χ1v) is 10.7. The first kappa shape index (κ1) is 18.8. The predicted octanol–water partition coefficient (Wildman–Crippen LogP) is 3.95. The summed E-state index contributed by atoms with van der Waals surface area (Å²) in [6, 6.07) is 10.5. The number of fused-ring (bicyclic) bond motifs is 1. The van der Waals surface area contributed by atoms with Gasteiger partial charge in [-0.25, -0.2) is 8.42 Å². The van der Waals surface area contributed by atoms with Crippen LogP contribution in [0.1, 0.15) is 24.5 Å². The third kappa shape index (κ3) is 3.59. The summed E-state index contributed by atoms with van der Waals surface area (Å²) in [4.78, 5) is 13.0. The fraction of sp³-hybridized carbons (Fsp3) is 0.316. The molecule has 2 aromatic carbocycles. The van der Waals surface area contributed by atoms with Gasteiger partial charge in [-0.1, -0.05) is 13.0 Å². The lowest BCUT2D eigenvalue weighted by Gasteiger charge is -2.21. The summed E-state index contributed by atoms with van der Waals surface area (Å²) < 4.78 is 27.4. The highest BCUT2D eigenvalue weighted by atomic mass is 32.2. The molecule has 1 heterocycles. The largest absolute Gasteiger partial charge is 0.325 e. The van der Waals surface area contributed by atoms with Crippen molar-refractivity contribution < 1.29 is 13.2 Å². The predicted molar refractivity (Wildman–Crippen MR) is 107 cm³/mol. The molecule has 0 saturated heterocycles. The lowest BCUT2D eigenvalue weighted by atomic mass is 10.1. The minimum atomic E-state index is -3.73. The van der Waals surface area contributed by atoms with Crippen LogP contribution in [-0.2, 0) is 14.8 Å². The maximum atomic E-state index is 13.1. The van der Waals surface area contributed by atoms with Crippen LogP contribution in [0.5, 0.6) is 0 Å². The molecule has 1 aliphatic rings. The molecule has 26 heavy (non-hydrogen) atoms. The molecule has 0 fully saturated rings. The highest BCUT2D eigenvalue weighted by Crippen LogP contribution is 2.37. The zero-order chi connectivity index (χ0) is 19.1. The molecule has 138 valence electrons. The van der Waals surface area contributed by atoms with E-state index in [2.05, 4.69) is 5.32 Å². The van der Waals surface area contributed by atoms with Crippen molar-refractivity contribution in [3.63, 3.8) is 0 Å². The number of sulfonamides is 1. The van der Waals surface area contributed by atoms with Crippen molar-refractivity contribution in [3.8, 4) is 0 Å². The summed E-state index contributed by atoms with van der Waals surface area (Å²) in [5.74, 6) is -0.0965. The van der Waals surface area contributed by atoms with Gasteiger partial charge >= 0.3 is 0 Å². The minimum absolute atomic E-state index is 0.0965. The van der Waals surface area contributed by atoms with Crippen LogP contribution < -0.4 is 9.62 Å². The summed E-state index contributed by atoms with van der Waals surface area (Å²) in [7, 11) is -2.18. The van der Waals surface area contributed by atoms with Crippen molar-refractivity contribution in [2.24, 2.45) is 0 Å². The van der Waals surface area contributed by atoms with E-state index < -0.39 is 10.0 Å². The number of anilines is 2. The van der Waals surface area contributed by atoms with Gasteiger partial charge in [0, 0.05) is 23.6 Å². The van der Waals surface area contributed by atoms with Gasteiger partial charge in [0.05, 0.1) is 16.3 Å². The van der Waals surface area contributed by atoms with Crippen molar-refractivity contribution in [2.45, 2.75) is 42.2 Å². The van der Waals surface area contributed by atoms with E-state index in [0.29, 0.717) is 17.8 Å². The quantitative estimate of drug-likeness (QED) is 0.862. The van der Waals surface area contributed by atoms with Gasteiger partial charge in [0.25, 0.3) is 10.0 Å². The molecule has 2 aromatic rings. The van der Waals surface area contributed by atoms with E-state index in [4.69, 9.17) is 0 Å². The molecule has 0 bridgehead atoms. The van der Waals surface area contributed by atoms with Crippen LogP contribution in [0.25, 0.3) is 0 Å². The lowest BCUT2D eigenvalue weighted by Crippen LogP contribution is -2.26. The number of hydrogen-bond acceptors (Lipinski definition) is 4. The summed E-state index contributed by atoms with van der Waals surface area (Å²) in [5.41, 5.74) is 3.30. The Morgan fingerprint density at radius 2 is 1.85 bits per heavy atom. The highest BCUT2D eigenvalue weighted by Gasteiger charge is 2.25. The van der Waals surface area contributed by atoms with E-state index in [1.807, 2.05) is 32.9 Å². The molecule has 0 spiro atoms. The zero-order valence-corrected chi connectivity index (χ0v) is 16.9. The molecule has 1 amide bonds. The molecule has 1 atom stereocenters. The molecule has 7 heteroatoms. The first-order chi connectivity index (χ1) is 12.2. The van der Waals surface area contributed by atoms with Gasteiger partial charge in [0.2, 0.25) is 5.91 Å². The van der Waals surface area contributed by atoms with Gasteiger partial charge in [-0.2, -0.15) is 0 Å². The van der Waals surface area contributed by atoms with Crippen LogP contribution in [0, 0.1) is 13.8 Å². The molecule has 1 N–H and O–H groups in total. The van der Waals surface area contributed by atoms with Crippen LogP contribution >= 0.6 is 11.8 Å². The normalized spacial score (nSPS) is 17.2. The third-order valence-corrected chi connectivity index (χ3v) is 7.50. The summed E-state index contributed by atoms with van der Waals surface area (Å²) in [5, 5.41) is 2.97. The fourth-order valence-electron chi connectivity index (χ4n) is 2.81. The number of nitrogens with zero attached hydrogens (tertiary/aromatic N) is 1. The molecule has 3 rings (SSSR count). The number of rotatable bonds is 3. The Labute approximate surface area is 158 Å². The molecule has 0 aliphatic carbocycles. The number of aryl methyl sites for hydroxylation is 2. The van der Waals surface area contributed by atoms with Crippen molar-refractivity contribution in [1.82, 2.24) is 0 Å². The Balaban J connectivity index is 1.99. The van der Waals surface area contributed by atoms with Crippen molar-refractivity contribution >= 4 is 39.1 Å². The number of amides is 1. The van der Waals surface area contributed by atoms with Crippen LogP contribution in [0.3, 0.4) is 0 Å². The van der Waals surface area contributed by atoms with Gasteiger partial charge < -0.3 is 5.32 Å². The van der Waals surface area contributed by atoms with Crippen molar-refractivity contribution in [2.75, 3.05) is 16.7 Å². The molecular weight excluding hydrogens is 368 g/mol. The van der Waals surface area contributed by atoms with Crippen LogP contribution in [0.4, 0.5) is 11.4 Å². The Morgan fingerprint density at radius 1 is 1.12 bits per heavy atom. The smallest absolute Gasteiger partial charge is 0.264 e. The summed E-state index contributed by atoms with van der Waals surface area (Å²) >= 11 is 1.57. The maximum absolute atomic E-state index is 13.1. The van der Waals surface area contributed by atoms with Crippen molar-refractivity contribution in [3.05, 3.63) is 47.5 Å². The van der Waals surface area contributed by atoms with Gasteiger partial charge in [0.15, 0.2) is 0 Å². The average molecular weight is 391 g/mol. The standard InChI is InChI=1S/C19H22N2O3S2/c1-12-5-6-15(9-13(12)2)21(4)26(23,24)16-7-8-18-17(11-16)20-19(22)10-14(3)25-18/h5-9,11,14H,10H2,1-4H3,(H,20,22). The number of benzene rings is 2. The molecule has 1 unspecified atom stereocenters. The molecule has 0 saturated carbocycles. The summed E-state index contributed by atoms with van der Waals surface area (Å²) in [6.07, 6.45) is 0.407. The second-order valence-electron chi connectivity index (χ2n) is 6.58. The van der Waals surface area contributed by atoms with E-state index in [9.17, 15) is 13.2 Å². The van der Waals surface area contributed by atoms with Crippen molar-refractivity contribution in [1.29, 1.82) is 0 Å². The van der Waals surface area contributed by atoms with E-state index in [-0.39, 0.29) is 16.1 Å². The molecule has 1 aliphatic heterocycles. The summed E-state index contributed by atoms with van der Waals surface area (Å²) in [6.45, 7) is 5.93. The second kappa shape index (κ2) is 6.96. The van der Waals surface area contributed by atoms with Gasteiger partial charge in [-0.3, -0.25) is 9.10 Å². The third-order valence-electron chi connectivity index (χ3n) is 4.54. The van der Waals surface area contributed by atoms with Crippen LogP contribution in [-0.4, -0.2) is 26.6 Å². The van der Waals surface area contributed by atoms with E-state index in [0.717, 1.165) is 16.0 Å². The van der Waals surface area contributed by atoms with Crippen LogP contribution in [0.2, 0.25) is 0 Å². The zero-order valence-electron chi connectivity index (χ0n) is 15.2. The Hall–Kier alpha value is -1.99. The Bertz CT molecular complexity index is 971. The van der Waals surface area contributed by atoms with E-state index in [1.165, 1.54) is 4.31 Å². The van der Waals surface area contributed by atoms with E-state index >= 15 is 0 Å². The van der Waals surface area contributed by atoms with Gasteiger partial charge in [-0.05, 0) is 55.3 Å². The SMILES string of the molecule is Cc1ccc(N(C)S(=O)(=O)c2ccc3c(c2)NC(=O)CC(C)S3)cc1C. The lowest BCUT2D eigenvalue weighted by molar-refractivity contribution is -0.116. The Kier molecular flexibility index (Phi) is 5.03. The number of thioether (sulfide) groups is 1. The Morgan fingerprint density at radius 3 is 2.54 bits per heavy atom. The second-order valence-corrected chi connectivity index (χ2v) is 10.0. The van der Waals surface area contributed by atoms with E-state index in [1.54, 1.807) is 43.1 Å². The average Bonchev–Trinajstić information content (AvgIpc) is 2.72. The number of hydrogen-bond donors (Lipinski definition) is 1. The molecular formula is C19H22N2O3S2. The minimum Gasteiger partial charge on any atom is -0.325 e. The number of carbonyl (C=O) groups excluding carboxylic acids is 1. The maximum Gasteiger partial charge on any atom is 0.264 e. The topological polar surface area (TPSA) is 66.5 Å². The van der Waals surface area contributed by atoms with Gasteiger partial charge in [0.1, 0.15) is 0 Å².